The second kappa shape index (κ2) is 9.25. The average Bonchev–Trinajstić information content (AvgIpc) is 3.14. The highest BCUT2D eigenvalue weighted by atomic mass is 16.5. The van der Waals surface area contributed by atoms with Crippen molar-refractivity contribution >= 4 is 17.7 Å². The van der Waals surface area contributed by atoms with Gasteiger partial charge in [-0.3, -0.25) is 9.69 Å². The third-order valence-corrected chi connectivity index (χ3v) is 5.56. The van der Waals surface area contributed by atoms with E-state index in [9.17, 15) is 9.59 Å². The molecule has 0 saturated heterocycles. The van der Waals surface area contributed by atoms with Crippen LogP contribution in [0.3, 0.4) is 0 Å². The van der Waals surface area contributed by atoms with Gasteiger partial charge in [0, 0.05) is 18.2 Å². The molecule has 1 aliphatic carbocycles. The number of carbonyl (C=O) groups is 2. The number of para-hydroxylation sites is 1. The highest BCUT2D eigenvalue weighted by molar-refractivity contribution is 6.02. The van der Waals surface area contributed by atoms with Gasteiger partial charge in [0.05, 0.1) is 12.3 Å². The lowest BCUT2D eigenvalue weighted by atomic mass is 9.82. The number of carbonyl (C=O) groups excluding carboxylic acids is 2. The molecule has 2 aromatic rings. The van der Waals surface area contributed by atoms with Crippen LogP contribution in [0.1, 0.15) is 63.7 Å². The first-order chi connectivity index (χ1) is 13.9. The fourth-order valence-corrected chi connectivity index (χ4v) is 3.92. The second-order valence-electron chi connectivity index (χ2n) is 8.13. The Labute approximate surface area is 172 Å². The van der Waals surface area contributed by atoms with Crippen molar-refractivity contribution in [2.45, 2.75) is 59.4 Å². The van der Waals surface area contributed by atoms with Crippen molar-refractivity contribution in [2.75, 3.05) is 11.5 Å². The lowest BCUT2D eigenvalue weighted by Gasteiger charge is -2.32. The van der Waals surface area contributed by atoms with Crippen LogP contribution in [0.5, 0.6) is 0 Å². The molecular formula is C23H31N3O3. The summed E-state index contributed by atoms with van der Waals surface area (Å²) in [7, 11) is 0. The van der Waals surface area contributed by atoms with Crippen LogP contribution < -0.4 is 4.90 Å². The fraction of sp³-hybridized carbons (Fsp3) is 0.522. The van der Waals surface area contributed by atoms with Crippen LogP contribution in [0, 0.1) is 11.8 Å². The summed E-state index contributed by atoms with van der Waals surface area (Å²) < 4.78 is 6.90. The van der Waals surface area contributed by atoms with Crippen LogP contribution in [0.4, 0.5) is 5.82 Å². The molecule has 1 aliphatic rings. The van der Waals surface area contributed by atoms with Crippen LogP contribution in [0.2, 0.25) is 0 Å². The molecule has 1 amide bonds. The number of rotatable bonds is 6. The first kappa shape index (κ1) is 21.1. The number of anilines is 1. The SMILES string of the molecule is CCOC(=O)c1cn(-c2ccccc2)nc1N(C(=O)[C@H]1CC[C@H](C)CC1)C(C)C. The van der Waals surface area contributed by atoms with Crippen molar-refractivity contribution in [1.82, 2.24) is 9.78 Å². The Morgan fingerprint density at radius 2 is 1.83 bits per heavy atom. The van der Waals surface area contributed by atoms with Crippen molar-refractivity contribution in [3.63, 3.8) is 0 Å². The summed E-state index contributed by atoms with van der Waals surface area (Å²) in [6.07, 6.45) is 5.56. The van der Waals surface area contributed by atoms with Gasteiger partial charge in [-0.1, -0.05) is 25.1 Å². The van der Waals surface area contributed by atoms with Gasteiger partial charge in [0.1, 0.15) is 5.56 Å². The molecule has 0 spiro atoms. The minimum Gasteiger partial charge on any atom is -0.462 e. The molecule has 0 atom stereocenters. The van der Waals surface area contributed by atoms with Crippen molar-refractivity contribution < 1.29 is 14.3 Å². The Balaban J connectivity index is 2.01. The Bertz CT molecular complexity index is 836. The van der Waals surface area contributed by atoms with Crippen molar-refractivity contribution in [3.05, 3.63) is 42.1 Å². The van der Waals surface area contributed by atoms with E-state index in [0.29, 0.717) is 17.3 Å². The summed E-state index contributed by atoms with van der Waals surface area (Å²) in [5, 5.41) is 4.66. The number of hydrogen-bond donors (Lipinski definition) is 0. The van der Waals surface area contributed by atoms with Gasteiger partial charge < -0.3 is 4.74 Å². The van der Waals surface area contributed by atoms with E-state index in [0.717, 1.165) is 31.4 Å². The lowest BCUT2D eigenvalue weighted by molar-refractivity contribution is -0.123. The Morgan fingerprint density at radius 3 is 2.41 bits per heavy atom. The molecule has 1 aromatic carbocycles. The van der Waals surface area contributed by atoms with E-state index in [4.69, 9.17) is 4.74 Å². The van der Waals surface area contributed by atoms with E-state index in [2.05, 4.69) is 12.0 Å². The molecule has 6 nitrogen and oxygen atoms in total. The van der Waals surface area contributed by atoms with E-state index in [-0.39, 0.29) is 24.5 Å². The van der Waals surface area contributed by atoms with Crippen molar-refractivity contribution in [2.24, 2.45) is 11.8 Å². The molecule has 1 aromatic heterocycles. The van der Waals surface area contributed by atoms with Crippen molar-refractivity contribution in [3.8, 4) is 5.69 Å². The highest BCUT2D eigenvalue weighted by Crippen LogP contribution is 2.32. The largest absolute Gasteiger partial charge is 0.462 e. The molecule has 0 radical (unpaired) electrons. The van der Waals surface area contributed by atoms with Gasteiger partial charge >= 0.3 is 5.97 Å². The van der Waals surface area contributed by atoms with E-state index in [1.54, 1.807) is 22.7 Å². The monoisotopic (exact) mass is 397 g/mol. The number of hydrogen-bond acceptors (Lipinski definition) is 4. The lowest BCUT2D eigenvalue weighted by Crippen LogP contribution is -2.43. The molecular weight excluding hydrogens is 366 g/mol. The molecule has 1 saturated carbocycles. The molecule has 0 unspecified atom stereocenters. The van der Waals surface area contributed by atoms with E-state index >= 15 is 0 Å². The Hall–Kier alpha value is -2.63. The van der Waals surface area contributed by atoms with Gasteiger partial charge in [-0.2, -0.15) is 0 Å². The normalized spacial score (nSPS) is 19.2. The molecule has 0 aliphatic heterocycles. The summed E-state index contributed by atoms with van der Waals surface area (Å²) in [5.41, 5.74) is 1.15. The molecule has 29 heavy (non-hydrogen) atoms. The molecule has 156 valence electrons. The van der Waals surface area contributed by atoms with Crippen molar-refractivity contribution in [1.29, 1.82) is 0 Å². The molecule has 3 rings (SSSR count). The smallest absolute Gasteiger partial charge is 0.343 e. The standard InChI is InChI=1S/C23H31N3O3/c1-5-29-23(28)20-15-25(19-9-7-6-8-10-19)24-21(20)26(16(2)3)22(27)18-13-11-17(4)12-14-18/h6-10,15-18H,5,11-14H2,1-4H3/t17-,18-. The first-order valence-corrected chi connectivity index (χ1v) is 10.6. The van der Waals surface area contributed by atoms with Crippen LogP contribution in [-0.2, 0) is 9.53 Å². The van der Waals surface area contributed by atoms with E-state index in [1.165, 1.54) is 0 Å². The van der Waals surface area contributed by atoms with Gasteiger partial charge in [0.25, 0.3) is 0 Å². The Morgan fingerprint density at radius 1 is 1.17 bits per heavy atom. The summed E-state index contributed by atoms with van der Waals surface area (Å²) in [4.78, 5) is 27.8. The molecule has 0 bridgehead atoms. The quantitative estimate of drug-likeness (QED) is 0.668. The number of benzene rings is 1. The number of aromatic nitrogens is 2. The number of nitrogens with zero attached hydrogens (tertiary/aromatic N) is 3. The van der Waals surface area contributed by atoms with Gasteiger partial charge in [-0.25, -0.2) is 9.48 Å². The first-order valence-electron chi connectivity index (χ1n) is 10.6. The zero-order valence-electron chi connectivity index (χ0n) is 17.8. The predicted molar refractivity (Wildman–Crippen MR) is 113 cm³/mol. The predicted octanol–water partition coefficient (Wildman–Crippen LogP) is 4.62. The third-order valence-electron chi connectivity index (χ3n) is 5.56. The highest BCUT2D eigenvalue weighted by Gasteiger charge is 2.34. The van der Waals surface area contributed by atoms with Gasteiger partial charge in [-0.15, -0.1) is 5.10 Å². The molecule has 1 heterocycles. The van der Waals surface area contributed by atoms with Crippen LogP contribution >= 0.6 is 0 Å². The summed E-state index contributed by atoms with van der Waals surface area (Å²) in [5.74, 6) is 0.617. The maximum Gasteiger partial charge on any atom is 0.343 e. The van der Waals surface area contributed by atoms with Gasteiger partial charge in [0.2, 0.25) is 5.91 Å². The minimum atomic E-state index is -0.458. The fourth-order valence-electron chi connectivity index (χ4n) is 3.92. The molecule has 0 N–H and O–H groups in total. The maximum atomic E-state index is 13.4. The van der Waals surface area contributed by atoms with Crippen LogP contribution in [-0.4, -0.2) is 34.3 Å². The topological polar surface area (TPSA) is 64.4 Å². The van der Waals surface area contributed by atoms with E-state index in [1.807, 2.05) is 44.2 Å². The van der Waals surface area contributed by atoms with Crippen LogP contribution in [0.15, 0.2) is 36.5 Å². The number of esters is 1. The zero-order valence-corrected chi connectivity index (χ0v) is 17.8. The second-order valence-corrected chi connectivity index (χ2v) is 8.13. The third kappa shape index (κ3) is 4.69. The average molecular weight is 398 g/mol. The summed E-state index contributed by atoms with van der Waals surface area (Å²) >= 11 is 0. The van der Waals surface area contributed by atoms with Gasteiger partial charge in [0.15, 0.2) is 5.82 Å². The summed E-state index contributed by atoms with van der Waals surface area (Å²) in [6, 6.07) is 9.46. The minimum absolute atomic E-state index is 0.0227. The summed E-state index contributed by atoms with van der Waals surface area (Å²) in [6.45, 7) is 8.19. The maximum absolute atomic E-state index is 13.4. The van der Waals surface area contributed by atoms with Crippen LogP contribution in [0.25, 0.3) is 5.69 Å². The molecule has 1 fully saturated rings. The molecule has 6 heteroatoms. The Kier molecular flexibility index (Phi) is 6.72. The zero-order chi connectivity index (χ0) is 21.0. The van der Waals surface area contributed by atoms with E-state index < -0.39 is 5.97 Å². The number of amides is 1. The number of ether oxygens (including phenoxy) is 1. The van der Waals surface area contributed by atoms with Gasteiger partial charge in [-0.05, 0) is 64.5 Å².